The van der Waals surface area contributed by atoms with Crippen LogP contribution in [0.2, 0.25) is 0 Å². The minimum Gasteiger partial charge on any atom is -0.464 e. The van der Waals surface area contributed by atoms with Crippen molar-refractivity contribution in [1.29, 1.82) is 0 Å². The van der Waals surface area contributed by atoms with Crippen molar-refractivity contribution in [1.82, 2.24) is 9.71 Å². The van der Waals surface area contributed by atoms with Gasteiger partial charge in [-0.25, -0.2) is 22.9 Å². The Morgan fingerprint density at radius 2 is 2.05 bits per heavy atom. The van der Waals surface area contributed by atoms with Gasteiger partial charge in [-0.1, -0.05) is 13.8 Å². The van der Waals surface area contributed by atoms with Crippen LogP contribution in [0.5, 0.6) is 0 Å². The second-order valence-electron chi connectivity index (χ2n) is 4.97. The first-order valence-electron chi connectivity index (χ1n) is 6.32. The highest BCUT2D eigenvalue weighted by Crippen LogP contribution is 2.21. The summed E-state index contributed by atoms with van der Waals surface area (Å²) in [4.78, 5) is 15.2. The maximum Gasteiger partial charge on any atom is 0.358 e. The Labute approximate surface area is 123 Å². The van der Waals surface area contributed by atoms with Crippen molar-refractivity contribution in [2.45, 2.75) is 43.9 Å². The summed E-state index contributed by atoms with van der Waals surface area (Å²) in [6, 6.07) is -0.199. The smallest absolute Gasteiger partial charge is 0.358 e. The molecule has 1 atom stereocenters. The van der Waals surface area contributed by atoms with Crippen molar-refractivity contribution >= 4 is 27.3 Å². The second kappa shape index (κ2) is 7.14. The number of thiazole rings is 1. The van der Waals surface area contributed by atoms with E-state index in [9.17, 15) is 13.2 Å². The van der Waals surface area contributed by atoms with Gasteiger partial charge >= 0.3 is 5.97 Å². The minimum absolute atomic E-state index is 0.0965. The number of carbonyl (C=O) groups excluding carboxylic acids is 1. The Hall–Kier alpha value is -0.990. The molecule has 0 saturated heterocycles. The van der Waals surface area contributed by atoms with Gasteiger partial charge in [-0.15, -0.1) is 11.3 Å². The zero-order valence-electron chi connectivity index (χ0n) is 12.0. The van der Waals surface area contributed by atoms with E-state index >= 15 is 0 Å². The summed E-state index contributed by atoms with van der Waals surface area (Å²) in [5, 5.41) is 0. The van der Waals surface area contributed by atoms with Crippen LogP contribution in [0.25, 0.3) is 0 Å². The molecule has 8 heteroatoms. The van der Waals surface area contributed by atoms with Gasteiger partial charge in [0, 0.05) is 6.04 Å². The van der Waals surface area contributed by atoms with E-state index in [2.05, 4.69) is 28.3 Å². The fourth-order valence-corrected chi connectivity index (χ4v) is 4.05. The lowest BCUT2D eigenvalue weighted by atomic mass is 10.1. The van der Waals surface area contributed by atoms with Crippen molar-refractivity contribution in [3.05, 3.63) is 11.2 Å². The van der Waals surface area contributed by atoms with Crippen LogP contribution in [0, 0.1) is 5.92 Å². The lowest BCUT2D eigenvalue weighted by molar-refractivity contribution is 0.0590. The molecule has 114 valence electrons. The minimum atomic E-state index is -3.74. The van der Waals surface area contributed by atoms with Crippen molar-refractivity contribution in [3.63, 3.8) is 0 Å². The lowest BCUT2D eigenvalue weighted by Crippen LogP contribution is -2.33. The van der Waals surface area contributed by atoms with E-state index in [0.717, 1.165) is 24.2 Å². The molecule has 20 heavy (non-hydrogen) atoms. The third-order valence-electron chi connectivity index (χ3n) is 2.69. The highest BCUT2D eigenvalue weighted by Gasteiger charge is 2.27. The number of carbonyl (C=O) groups is 1. The van der Waals surface area contributed by atoms with Crippen LogP contribution in [0.15, 0.2) is 9.72 Å². The number of rotatable bonds is 7. The van der Waals surface area contributed by atoms with Crippen LogP contribution in [0.3, 0.4) is 0 Å². The van der Waals surface area contributed by atoms with Gasteiger partial charge in [0.1, 0.15) is 0 Å². The summed E-state index contributed by atoms with van der Waals surface area (Å²) in [6.07, 6.45) is 1.67. The van der Waals surface area contributed by atoms with Gasteiger partial charge in [0.15, 0.2) is 9.90 Å². The summed E-state index contributed by atoms with van der Waals surface area (Å²) in [6.45, 7) is 5.97. The topological polar surface area (TPSA) is 85.4 Å². The van der Waals surface area contributed by atoms with Crippen LogP contribution in [-0.4, -0.2) is 32.5 Å². The van der Waals surface area contributed by atoms with Crippen LogP contribution in [0.4, 0.5) is 0 Å². The van der Waals surface area contributed by atoms with Gasteiger partial charge in [0.25, 0.3) is 10.0 Å². The first-order valence-corrected chi connectivity index (χ1v) is 8.68. The van der Waals surface area contributed by atoms with Gasteiger partial charge in [-0.2, -0.15) is 0 Å². The molecule has 0 aliphatic rings. The number of methoxy groups -OCH3 is 1. The van der Waals surface area contributed by atoms with Crippen LogP contribution >= 0.6 is 11.3 Å². The Kier molecular flexibility index (Phi) is 6.09. The molecule has 0 aliphatic carbocycles. The molecule has 0 spiro atoms. The predicted molar refractivity (Wildman–Crippen MR) is 77.3 cm³/mol. The molecule has 0 fully saturated rings. The van der Waals surface area contributed by atoms with Crippen LogP contribution in [0.1, 0.15) is 44.1 Å². The van der Waals surface area contributed by atoms with E-state index in [1.807, 2.05) is 0 Å². The fraction of sp³-hybridized carbons (Fsp3) is 0.667. The number of hydrogen-bond acceptors (Lipinski definition) is 6. The van der Waals surface area contributed by atoms with Gasteiger partial charge < -0.3 is 4.74 Å². The average molecular weight is 320 g/mol. The average Bonchev–Trinajstić information content (AvgIpc) is 2.85. The molecule has 0 aromatic carbocycles. The number of nitrogens with zero attached hydrogens (tertiary/aromatic N) is 1. The number of aromatic nitrogens is 1. The SMILES string of the molecule is COC(=O)c1ncsc1S(=O)(=O)NC(C)CCC(C)C. The summed E-state index contributed by atoms with van der Waals surface area (Å²) >= 11 is 0.904. The van der Waals surface area contributed by atoms with Crippen molar-refractivity contribution in [3.8, 4) is 0 Å². The largest absolute Gasteiger partial charge is 0.464 e. The maximum atomic E-state index is 12.2. The van der Waals surface area contributed by atoms with E-state index in [1.54, 1.807) is 6.92 Å². The molecule has 0 aliphatic heterocycles. The van der Waals surface area contributed by atoms with E-state index < -0.39 is 16.0 Å². The summed E-state index contributed by atoms with van der Waals surface area (Å²) in [5.74, 6) is -0.238. The number of esters is 1. The van der Waals surface area contributed by atoms with Gasteiger partial charge in [0.2, 0.25) is 0 Å². The molecular weight excluding hydrogens is 300 g/mol. The molecule has 1 heterocycles. The van der Waals surface area contributed by atoms with Gasteiger partial charge in [0.05, 0.1) is 12.6 Å². The lowest BCUT2D eigenvalue weighted by Gasteiger charge is -2.14. The zero-order chi connectivity index (χ0) is 15.3. The first kappa shape index (κ1) is 17.1. The molecule has 0 saturated carbocycles. The third-order valence-corrected chi connectivity index (χ3v) is 5.65. The van der Waals surface area contributed by atoms with E-state index in [1.165, 1.54) is 12.6 Å². The van der Waals surface area contributed by atoms with E-state index in [4.69, 9.17) is 0 Å². The Balaban J connectivity index is 2.84. The molecule has 1 aromatic heterocycles. The Bertz CT molecular complexity index is 552. The van der Waals surface area contributed by atoms with Crippen LogP contribution in [-0.2, 0) is 14.8 Å². The quantitative estimate of drug-likeness (QED) is 0.777. The van der Waals surface area contributed by atoms with Crippen molar-refractivity contribution in [2.24, 2.45) is 5.92 Å². The molecular formula is C12H20N2O4S2. The van der Waals surface area contributed by atoms with Crippen molar-refractivity contribution < 1.29 is 17.9 Å². The van der Waals surface area contributed by atoms with Gasteiger partial charge in [-0.05, 0) is 25.7 Å². The Morgan fingerprint density at radius 1 is 1.40 bits per heavy atom. The number of sulfonamides is 1. The monoisotopic (exact) mass is 320 g/mol. The fourth-order valence-electron chi connectivity index (χ4n) is 1.62. The van der Waals surface area contributed by atoms with Crippen LogP contribution < -0.4 is 4.72 Å². The predicted octanol–water partition coefficient (Wildman–Crippen LogP) is 2.03. The molecule has 1 unspecified atom stereocenters. The standard InChI is InChI=1S/C12H20N2O4S2/c1-8(2)5-6-9(3)14-20(16,17)12-10(11(15)18-4)13-7-19-12/h7-9,14H,5-6H2,1-4H3. The van der Waals surface area contributed by atoms with Gasteiger partial charge in [-0.3, -0.25) is 0 Å². The highest BCUT2D eigenvalue weighted by atomic mass is 32.2. The maximum absolute atomic E-state index is 12.2. The molecule has 6 nitrogen and oxygen atoms in total. The van der Waals surface area contributed by atoms with E-state index in [0.29, 0.717) is 5.92 Å². The summed E-state index contributed by atoms with van der Waals surface area (Å²) < 4.78 is 31.5. The Morgan fingerprint density at radius 3 is 2.60 bits per heavy atom. The molecule has 0 radical (unpaired) electrons. The highest BCUT2D eigenvalue weighted by molar-refractivity contribution is 7.91. The third kappa shape index (κ3) is 4.53. The molecule has 0 amide bonds. The number of ether oxygens (including phenoxy) is 1. The molecule has 1 N–H and O–H groups in total. The number of nitrogens with one attached hydrogen (secondary N) is 1. The molecule has 1 rings (SSSR count). The first-order chi connectivity index (χ1) is 9.27. The number of hydrogen-bond donors (Lipinski definition) is 1. The summed E-state index contributed by atoms with van der Waals surface area (Å²) in [7, 11) is -2.55. The second-order valence-corrected chi connectivity index (χ2v) is 7.74. The molecule has 1 aromatic rings. The van der Waals surface area contributed by atoms with Crippen molar-refractivity contribution in [2.75, 3.05) is 7.11 Å². The summed E-state index contributed by atoms with van der Waals surface area (Å²) in [5.41, 5.74) is 1.15. The normalized spacial score (nSPS) is 13.4. The van der Waals surface area contributed by atoms with E-state index in [-0.39, 0.29) is 15.9 Å². The molecule has 0 bridgehead atoms. The zero-order valence-corrected chi connectivity index (χ0v) is 13.7.